The molecule has 1 aromatic carbocycles. The highest BCUT2D eigenvalue weighted by atomic mass is 32.2. The molecule has 0 saturated heterocycles. The maximum atomic E-state index is 12.1. The van der Waals surface area contributed by atoms with Gasteiger partial charge in [0.15, 0.2) is 5.96 Å². The highest BCUT2D eigenvalue weighted by Gasteiger charge is 2.18. The lowest BCUT2D eigenvalue weighted by Crippen LogP contribution is -2.39. The van der Waals surface area contributed by atoms with Crippen LogP contribution in [-0.2, 0) is 10.8 Å². The molecular weight excluding hydrogens is 306 g/mol. The van der Waals surface area contributed by atoms with Crippen LogP contribution in [0, 0.1) is 6.92 Å². The zero-order valence-corrected chi connectivity index (χ0v) is 16.1. The summed E-state index contributed by atoms with van der Waals surface area (Å²) in [7, 11) is -0.873. The average Bonchev–Trinajstić information content (AvgIpc) is 2.46. The molecule has 0 aromatic heterocycles. The van der Waals surface area contributed by atoms with E-state index in [9.17, 15) is 4.21 Å². The second-order valence-corrected chi connectivity index (χ2v) is 8.97. The van der Waals surface area contributed by atoms with Gasteiger partial charge in [0.05, 0.1) is 12.6 Å². The van der Waals surface area contributed by atoms with Crippen LogP contribution in [0.15, 0.2) is 29.3 Å². The Labute approximate surface area is 143 Å². The normalized spacial score (nSPS) is 15.1. The first-order valence-electron chi connectivity index (χ1n) is 8.24. The fourth-order valence-electron chi connectivity index (χ4n) is 2.22. The van der Waals surface area contributed by atoms with E-state index in [-0.39, 0.29) is 10.8 Å². The van der Waals surface area contributed by atoms with Crippen LogP contribution in [-0.4, -0.2) is 33.8 Å². The summed E-state index contributed by atoms with van der Waals surface area (Å²) in [6.45, 7) is 13.6. The molecule has 0 heterocycles. The summed E-state index contributed by atoms with van der Waals surface area (Å²) >= 11 is 0. The van der Waals surface area contributed by atoms with E-state index >= 15 is 0 Å². The Morgan fingerprint density at radius 2 is 1.96 bits per heavy atom. The van der Waals surface area contributed by atoms with Gasteiger partial charge in [0, 0.05) is 27.8 Å². The van der Waals surface area contributed by atoms with E-state index in [0.29, 0.717) is 12.3 Å². The van der Waals surface area contributed by atoms with E-state index in [1.165, 1.54) is 11.1 Å². The van der Waals surface area contributed by atoms with Crippen molar-refractivity contribution >= 4 is 16.8 Å². The Morgan fingerprint density at radius 1 is 1.30 bits per heavy atom. The first-order chi connectivity index (χ1) is 10.8. The van der Waals surface area contributed by atoms with Gasteiger partial charge in [-0.1, -0.05) is 24.3 Å². The van der Waals surface area contributed by atoms with E-state index in [0.717, 1.165) is 12.5 Å². The standard InChI is InChI=1S/C18H31N3OS/c1-7-19-17(20-12-13-23(22)18(4,5)6)21-15(3)16-11-9-8-10-14(16)2/h8-11,15H,7,12-13H2,1-6H3,(H2,19,20,21). The molecule has 23 heavy (non-hydrogen) atoms. The summed E-state index contributed by atoms with van der Waals surface area (Å²) in [6.07, 6.45) is 0. The van der Waals surface area contributed by atoms with E-state index in [1.54, 1.807) is 0 Å². The summed E-state index contributed by atoms with van der Waals surface area (Å²) in [4.78, 5) is 4.56. The summed E-state index contributed by atoms with van der Waals surface area (Å²) in [5.74, 6) is 1.35. The molecule has 0 bridgehead atoms. The third kappa shape index (κ3) is 6.73. The average molecular weight is 338 g/mol. The molecule has 0 spiro atoms. The molecule has 0 radical (unpaired) electrons. The van der Waals surface area contributed by atoms with Gasteiger partial charge in [-0.3, -0.25) is 9.20 Å². The molecule has 1 rings (SSSR count). The molecule has 0 aliphatic carbocycles. The van der Waals surface area contributed by atoms with E-state index in [4.69, 9.17) is 0 Å². The van der Waals surface area contributed by atoms with Gasteiger partial charge in [-0.05, 0) is 52.7 Å². The Kier molecular flexibility index (Phi) is 7.76. The van der Waals surface area contributed by atoms with Crippen LogP contribution >= 0.6 is 0 Å². The second-order valence-electron chi connectivity index (χ2n) is 6.65. The number of nitrogens with one attached hydrogen (secondary N) is 2. The zero-order chi connectivity index (χ0) is 17.5. The molecule has 2 atom stereocenters. The Balaban J connectivity index is 2.69. The summed E-state index contributed by atoms with van der Waals surface area (Å²) in [5.41, 5.74) is 2.52. The highest BCUT2D eigenvalue weighted by Crippen LogP contribution is 2.16. The molecule has 0 fully saturated rings. The quantitative estimate of drug-likeness (QED) is 0.619. The van der Waals surface area contributed by atoms with Gasteiger partial charge in [-0.2, -0.15) is 0 Å². The summed E-state index contributed by atoms with van der Waals surface area (Å²) in [6, 6.07) is 8.51. The third-order valence-corrected chi connectivity index (χ3v) is 5.50. The van der Waals surface area contributed by atoms with Crippen molar-refractivity contribution < 1.29 is 4.21 Å². The van der Waals surface area contributed by atoms with Gasteiger partial charge >= 0.3 is 0 Å². The summed E-state index contributed by atoms with van der Waals surface area (Å²) in [5, 5.41) is 6.68. The Hall–Kier alpha value is -1.36. The van der Waals surface area contributed by atoms with Crippen LogP contribution in [0.5, 0.6) is 0 Å². The number of aliphatic imine (C=N–C) groups is 1. The van der Waals surface area contributed by atoms with Crippen molar-refractivity contribution in [2.75, 3.05) is 18.8 Å². The largest absolute Gasteiger partial charge is 0.357 e. The van der Waals surface area contributed by atoms with Gasteiger partial charge in [-0.15, -0.1) is 0 Å². The number of hydrogen-bond acceptors (Lipinski definition) is 2. The lowest BCUT2D eigenvalue weighted by molar-refractivity contribution is 0.648. The number of nitrogens with zero attached hydrogens (tertiary/aromatic N) is 1. The topological polar surface area (TPSA) is 53.5 Å². The van der Waals surface area contributed by atoms with Gasteiger partial charge in [0.1, 0.15) is 0 Å². The first-order valence-corrected chi connectivity index (χ1v) is 9.56. The molecule has 2 unspecified atom stereocenters. The Morgan fingerprint density at radius 3 is 2.52 bits per heavy atom. The number of aryl methyl sites for hydroxylation is 1. The van der Waals surface area contributed by atoms with E-state index in [2.05, 4.69) is 47.7 Å². The number of benzene rings is 1. The predicted octanol–water partition coefficient (Wildman–Crippen LogP) is 3.16. The maximum Gasteiger partial charge on any atom is 0.191 e. The van der Waals surface area contributed by atoms with Crippen LogP contribution in [0.3, 0.4) is 0 Å². The maximum absolute atomic E-state index is 12.1. The van der Waals surface area contributed by atoms with Crippen LogP contribution in [0.4, 0.5) is 0 Å². The molecule has 2 N–H and O–H groups in total. The van der Waals surface area contributed by atoms with E-state index in [1.807, 2.05) is 33.8 Å². The Bertz CT molecular complexity index is 549. The number of rotatable bonds is 6. The molecular formula is C18H31N3OS. The number of guanidine groups is 1. The minimum atomic E-state index is -0.873. The zero-order valence-electron chi connectivity index (χ0n) is 15.3. The minimum Gasteiger partial charge on any atom is -0.357 e. The molecule has 5 heteroatoms. The lowest BCUT2D eigenvalue weighted by Gasteiger charge is -2.20. The fraction of sp³-hybridized carbons (Fsp3) is 0.611. The molecule has 1 aromatic rings. The van der Waals surface area contributed by atoms with E-state index < -0.39 is 10.8 Å². The third-order valence-electron chi connectivity index (χ3n) is 3.58. The van der Waals surface area contributed by atoms with Gasteiger partial charge in [0.25, 0.3) is 0 Å². The molecule has 0 saturated carbocycles. The van der Waals surface area contributed by atoms with Crippen molar-refractivity contribution in [2.45, 2.75) is 52.3 Å². The van der Waals surface area contributed by atoms with Gasteiger partial charge in [-0.25, -0.2) is 0 Å². The fourth-order valence-corrected chi connectivity index (χ4v) is 3.09. The highest BCUT2D eigenvalue weighted by molar-refractivity contribution is 7.86. The van der Waals surface area contributed by atoms with Crippen molar-refractivity contribution in [3.63, 3.8) is 0 Å². The molecule has 0 amide bonds. The molecule has 0 aliphatic rings. The SMILES string of the molecule is CCNC(=NCCS(=O)C(C)(C)C)NC(C)c1ccccc1C. The second kappa shape index (κ2) is 9.06. The summed E-state index contributed by atoms with van der Waals surface area (Å²) < 4.78 is 11.9. The predicted molar refractivity (Wildman–Crippen MR) is 101 cm³/mol. The monoisotopic (exact) mass is 337 g/mol. The lowest BCUT2D eigenvalue weighted by atomic mass is 10.0. The van der Waals surface area contributed by atoms with Crippen molar-refractivity contribution in [1.29, 1.82) is 0 Å². The molecule has 130 valence electrons. The van der Waals surface area contributed by atoms with Crippen molar-refractivity contribution in [1.82, 2.24) is 10.6 Å². The number of hydrogen-bond donors (Lipinski definition) is 2. The minimum absolute atomic E-state index is 0.169. The van der Waals surface area contributed by atoms with Crippen LogP contribution in [0.2, 0.25) is 0 Å². The van der Waals surface area contributed by atoms with Gasteiger partial charge < -0.3 is 10.6 Å². The van der Waals surface area contributed by atoms with Crippen molar-refractivity contribution in [3.8, 4) is 0 Å². The molecule has 4 nitrogen and oxygen atoms in total. The van der Waals surface area contributed by atoms with Crippen LogP contribution in [0.1, 0.15) is 51.8 Å². The van der Waals surface area contributed by atoms with Crippen LogP contribution in [0.25, 0.3) is 0 Å². The smallest absolute Gasteiger partial charge is 0.191 e. The van der Waals surface area contributed by atoms with Crippen LogP contribution < -0.4 is 10.6 Å². The van der Waals surface area contributed by atoms with Gasteiger partial charge in [0.2, 0.25) is 0 Å². The van der Waals surface area contributed by atoms with Crippen molar-refractivity contribution in [3.05, 3.63) is 35.4 Å². The first kappa shape index (κ1) is 19.7. The molecule has 0 aliphatic heterocycles. The van der Waals surface area contributed by atoms with Crippen molar-refractivity contribution in [2.24, 2.45) is 4.99 Å².